The zero-order valence-corrected chi connectivity index (χ0v) is 22.7. The van der Waals surface area contributed by atoms with E-state index in [1.165, 1.54) is 34.9 Å². The average Bonchev–Trinajstić information content (AvgIpc) is 3.62. The number of benzene rings is 3. The SMILES string of the molecule is O=C1c2c(c3c4ccc(O)cc4n([C@H]4O[C@H](CO)[C@@H](O)[C@@H](O)[C@H]4O)c3c3[nH]c4cc(O)ccc4c23)C(=O)N1NC(CO)CO. The van der Waals surface area contributed by atoms with Crippen molar-refractivity contribution < 1.29 is 55.2 Å². The number of hydrogen-bond donors (Lipinski definition) is 10. The van der Waals surface area contributed by atoms with E-state index in [9.17, 15) is 50.4 Å². The molecule has 0 unspecified atom stereocenters. The van der Waals surface area contributed by atoms with E-state index in [0.29, 0.717) is 21.3 Å². The molecule has 0 radical (unpaired) electrons. The summed E-state index contributed by atoms with van der Waals surface area (Å²) in [6, 6.07) is 7.55. The van der Waals surface area contributed by atoms with Crippen LogP contribution in [0.1, 0.15) is 26.9 Å². The van der Waals surface area contributed by atoms with E-state index in [1.54, 1.807) is 6.07 Å². The van der Waals surface area contributed by atoms with E-state index >= 15 is 0 Å². The molecule has 2 aromatic heterocycles. The van der Waals surface area contributed by atoms with Gasteiger partial charge in [-0.3, -0.25) is 9.59 Å². The summed E-state index contributed by atoms with van der Waals surface area (Å²) in [5.74, 6) is -1.86. The summed E-state index contributed by atoms with van der Waals surface area (Å²) in [6.45, 7) is -1.88. The number of aromatic nitrogens is 2. The molecular formula is C29H28N4O11. The van der Waals surface area contributed by atoms with Crippen molar-refractivity contribution in [3.8, 4) is 11.5 Å². The van der Waals surface area contributed by atoms with Gasteiger partial charge in [-0.05, 0) is 24.3 Å². The van der Waals surface area contributed by atoms with Gasteiger partial charge in [-0.25, -0.2) is 10.4 Å². The number of carbonyl (C=O) groups is 2. The number of aliphatic hydroxyl groups is 6. The minimum atomic E-state index is -1.75. The van der Waals surface area contributed by atoms with Crippen LogP contribution in [0.15, 0.2) is 36.4 Å². The van der Waals surface area contributed by atoms with Crippen molar-refractivity contribution in [2.24, 2.45) is 0 Å². The molecule has 0 saturated carbocycles. The number of hydrazine groups is 1. The fraction of sp³-hybridized carbons (Fsp3) is 0.310. The van der Waals surface area contributed by atoms with Crippen LogP contribution in [0.5, 0.6) is 11.5 Å². The lowest BCUT2D eigenvalue weighted by Gasteiger charge is -2.41. The zero-order valence-electron chi connectivity index (χ0n) is 22.7. The van der Waals surface area contributed by atoms with Crippen LogP contribution in [0.25, 0.3) is 43.6 Å². The van der Waals surface area contributed by atoms with Crippen molar-refractivity contribution in [1.82, 2.24) is 20.0 Å². The molecule has 0 spiro atoms. The van der Waals surface area contributed by atoms with Crippen LogP contribution in [0, 0.1) is 0 Å². The van der Waals surface area contributed by atoms with Crippen LogP contribution in [0.4, 0.5) is 0 Å². The van der Waals surface area contributed by atoms with E-state index in [4.69, 9.17) is 4.74 Å². The first-order valence-electron chi connectivity index (χ1n) is 13.7. The smallest absolute Gasteiger partial charge is 0.276 e. The maximum atomic E-state index is 14.1. The summed E-state index contributed by atoms with van der Waals surface area (Å²) in [7, 11) is 0. The molecule has 0 bridgehead atoms. The topological polar surface area (TPSA) is 241 Å². The summed E-state index contributed by atoms with van der Waals surface area (Å²) in [4.78, 5) is 31.2. The van der Waals surface area contributed by atoms with Gasteiger partial charge in [0.2, 0.25) is 0 Å². The van der Waals surface area contributed by atoms with Gasteiger partial charge in [-0.2, -0.15) is 0 Å². The van der Waals surface area contributed by atoms with Crippen molar-refractivity contribution in [2.75, 3.05) is 19.8 Å². The number of amides is 2. The van der Waals surface area contributed by atoms with Crippen molar-refractivity contribution in [1.29, 1.82) is 0 Å². The van der Waals surface area contributed by atoms with Gasteiger partial charge >= 0.3 is 0 Å². The standard InChI is InChI=1S/C29H28N4O11/c34-7-10(8-35)31-33-27(42)20-18-13-3-1-11(37)5-15(13)30-22(18)23-19(21(20)28(33)43)14-4-2-12(38)6-16(14)32(23)29-26(41)25(40)24(39)17(9-36)44-29/h1-6,10,17,24-26,29-31,34-41H,7-9H2/t17-,24-,25-,26-,29+/m1/s1. The van der Waals surface area contributed by atoms with Gasteiger partial charge < -0.3 is 55.1 Å². The number of carbonyl (C=O) groups excluding carboxylic acids is 2. The Bertz CT molecular complexity index is 2000. The van der Waals surface area contributed by atoms with Crippen LogP contribution in [-0.4, -0.2) is 118 Å². The molecule has 10 N–H and O–H groups in total. The lowest BCUT2D eigenvalue weighted by atomic mass is 9.96. The largest absolute Gasteiger partial charge is 0.508 e. The molecule has 7 rings (SSSR count). The van der Waals surface area contributed by atoms with Gasteiger partial charge in [0.25, 0.3) is 11.8 Å². The molecular weight excluding hydrogens is 580 g/mol. The molecule has 2 aliphatic rings. The number of phenolic OH excluding ortho intramolecular Hbond substituents is 2. The Morgan fingerprint density at radius 3 is 2.14 bits per heavy atom. The van der Waals surface area contributed by atoms with Crippen molar-refractivity contribution >= 4 is 55.4 Å². The quantitative estimate of drug-likeness (QED) is 0.107. The number of aromatic amines is 1. The molecule has 1 saturated heterocycles. The number of imide groups is 1. The number of nitrogens with one attached hydrogen (secondary N) is 2. The molecule has 0 aliphatic carbocycles. The third-order valence-corrected chi connectivity index (χ3v) is 8.46. The molecule has 230 valence electrons. The summed E-state index contributed by atoms with van der Waals surface area (Å²) in [5.41, 5.74) is 3.60. The first-order valence-corrected chi connectivity index (χ1v) is 13.7. The number of ether oxygens (including phenoxy) is 1. The predicted molar refractivity (Wildman–Crippen MR) is 153 cm³/mol. The van der Waals surface area contributed by atoms with Crippen LogP contribution in [0.3, 0.4) is 0 Å². The van der Waals surface area contributed by atoms with Crippen molar-refractivity contribution in [3.05, 3.63) is 47.5 Å². The highest BCUT2D eigenvalue weighted by Crippen LogP contribution is 2.47. The van der Waals surface area contributed by atoms with Gasteiger partial charge in [-0.1, -0.05) is 0 Å². The lowest BCUT2D eigenvalue weighted by Crippen LogP contribution is -2.56. The number of H-pyrrole nitrogens is 1. The molecule has 44 heavy (non-hydrogen) atoms. The highest BCUT2D eigenvalue weighted by atomic mass is 16.6. The number of rotatable bonds is 6. The lowest BCUT2D eigenvalue weighted by molar-refractivity contribution is -0.249. The number of fused-ring (bicyclic) bond motifs is 10. The summed E-state index contributed by atoms with van der Waals surface area (Å²) >= 11 is 0. The molecule has 1 fully saturated rings. The minimum Gasteiger partial charge on any atom is -0.508 e. The average molecular weight is 609 g/mol. The van der Waals surface area contributed by atoms with E-state index < -0.39 is 68.3 Å². The van der Waals surface area contributed by atoms with Crippen LogP contribution in [0.2, 0.25) is 0 Å². The van der Waals surface area contributed by atoms with Crippen molar-refractivity contribution in [2.45, 2.75) is 36.7 Å². The van der Waals surface area contributed by atoms with E-state index in [2.05, 4.69) is 10.4 Å². The molecule has 2 aliphatic heterocycles. The van der Waals surface area contributed by atoms with Gasteiger partial charge in [0.1, 0.15) is 35.9 Å². The van der Waals surface area contributed by atoms with Crippen molar-refractivity contribution in [3.63, 3.8) is 0 Å². The van der Waals surface area contributed by atoms with Gasteiger partial charge in [0.15, 0.2) is 6.23 Å². The number of hydrogen-bond acceptors (Lipinski definition) is 12. The monoisotopic (exact) mass is 608 g/mol. The second-order valence-electron chi connectivity index (χ2n) is 11.0. The number of phenols is 2. The predicted octanol–water partition coefficient (Wildman–Crippen LogP) is -0.734. The molecule has 5 atom stereocenters. The number of nitrogens with zero attached hydrogens (tertiary/aromatic N) is 2. The van der Waals surface area contributed by atoms with Crippen LogP contribution < -0.4 is 5.43 Å². The van der Waals surface area contributed by atoms with Gasteiger partial charge in [-0.15, -0.1) is 0 Å². The fourth-order valence-electron chi connectivity index (χ4n) is 6.41. The van der Waals surface area contributed by atoms with E-state index in [-0.39, 0.29) is 49.9 Å². The van der Waals surface area contributed by atoms with Crippen LogP contribution >= 0.6 is 0 Å². The van der Waals surface area contributed by atoms with Gasteiger partial charge in [0.05, 0.1) is 59.1 Å². The Labute approximate surface area is 246 Å². The molecule has 15 heteroatoms. The minimum absolute atomic E-state index is 0.0162. The fourth-order valence-corrected chi connectivity index (χ4v) is 6.41. The first kappa shape index (κ1) is 28.5. The second kappa shape index (κ2) is 10.1. The highest BCUT2D eigenvalue weighted by molar-refractivity contribution is 6.39. The van der Waals surface area contributed by atoms with E-state index in [1.807, 2.05) is 0 Å². The first-order chi connectivity index (χ1) is 21.1. The maximum Gasteiger partial charge on any atom is 0.276 e. The van der Waals surface area contributed by atoms with Gasteiger partial charge in [0, 0.05) is 33.7 Å². The van der Waals surface area contributed by atoms with E-state index in [0.717, 1.165) is 0 Å². The Kier molecular flexibility index (Phi) is 6.54. The maximum absolute atomic E-state index is 14.1. The van der Waals surface area contributed by atoms with Crippen LogP contribution in [-0.2, 0) is 4.74 Å². The zero-order chi connectivity index (χ0) is 31.2. The third-order valence-electron chi connectivity index (χ3n) is 8.46. The highest BCUT2D eigenvalue weighted by Gasteiger charge is 2.47. The number of aliphatic hydroxyl groups excluding tert-OH is 6. The summed E-state index contributed by atoms with van der Waals surface area (Å²) in [5, 5.41) is 84.2. The Morgan fingerprint density at radius 1 is 0.841 bits per heavy atom. The third kappa shape index (κ3) is 3.79. The molecule has 2 amide bonds. The Morgan fingerprint density at radius 2 is 1.48 bits per heavy atom. The normalized spacial score (nSPS) is 24.2. The molecule has 15 nitrogen and oxygen atoms in total. The second-order valence-corrected chi connectivity index (χ2v) is 11.0. The molecule has 4 heterocycles. The summed E-state index contributed by atoms with van der Waals surface area (Å²) < 4.78 is 7.35. The molecule has 3 aromatic carbocycles. The number of aromatic hydroxyl groups is 2. The Balaban J connectivity index is 1.65. The molecule has 5 aromatic rings. The Hall–Kier alpha value is -4.32. The summed E-state index contributed by atoms with van der Waals surface area (Å²) in [6.07, 6.45) is -7.92.